The van der Waals surface area contributed by atoms with Crippen molar-refractivity contribution in [3.63, 3.8) is 0 Å². The zero-order valence-corrected chi connectivity index (χ0v) is 15.7. The quantitative estimate of drug-likeness (QED) is 0.815. The van der Waals surface area contributed by atoms with E-state index in [1.165, 1.54) is 0 Å². The average molecular weight is 367 g/mol. The van der Waals surface area contributed by atoms with E-state index in [1.807, 2.05) is 66.7 Å². The number of benzene rings is 2. The summed E-state index contributed by atoms with van der Waals surface area (Å²) in [6, 6.07) is 17.5. The summed E-state index contributed by atoms with van der Waals surface area (Å²) < 4.78 is 5.21. The Bertz CT molecular complexity index is 794. The first-order chi connectivity index (χ1) is 13.1. The molecule has 1 heterocycles. The predicted octanol–water partition coefficient (Wildman–Crippen LogP) is 2.25. The van der Waals surface area contributed by atoms with E-state index >= 15 is 0 Å². The van der Waals surface area contributed by atoms with Crippen molar-refractivity contribution in [2.75, 3.05) is 32.3 Å². The fraction of sp³-hybridized carbons (Fsp3) is 0.333. The minimum absolute atomic E-state index is 0.0331. The first-order valence-electron chi connectivity index (χ1n) is 9.08. The van der Waals surface area contributed by atoms with Gasteiger partial charge in [0.15, 0.2) is 0 Å². The molecule has 6 nitrogen and oxygen atoms in total. The molecule has 1 aliphatic heterocycles. The SMILES string of the molecule is COc1cccc(CCNC(=O)C2CC(=O)N(N(C)c3ccccc3)C2)c1. The number of para-hydroxylation sites is 1. The second-order valence-electron chi connectivity index (χ2n) is 6.63. The van der Waals surface area contributed by atoms with Crippen molar-refractivity contribution >= 4 is 17.5 Å². The van der Waals surface area contributed by atoms with E-state index in [1.54, 1.807) is 12.1 Å². The van der Waals surface area contributed by atoms with Gasteiger partial charge in [0.1, 0.15) is 5.75 Å². The minimum atomic E-state index is -0.325. The number of nitrogens with zero attached hydrogens (tertiary/aromatic N) is 2. The number of carbonyl (C=O) groups excluding carboxylic acids is 2. The van der Waals surface area contributed by atoms with Crippen LogP contribution in [-0.4, -0.2) is 44.1 Å². The van der Waals surface area contributed by atoms with Gasteiger partial charge < -0.3 is 10.1 Å². The number of amides is 2. The van der Waals surface area contributed by atoms with Gasteiger partial charge in [-0.15, -0.1) is 0 Å². The number of hydrazine groups is 1. The van der Waals surface area contributed by atoms with E-state index in [2.05, 4.69) is 5.32 Å². The standard InChI is InChI=1S/C21H25N3O3/c1-23(18-8-4-3-5-9-18)24-15-17(14-20(24)25)21(26)22-12-11-16-7-6-10-19(13-16)27-2/h3-10,13,17H,11-12,14-15H2,1-2H3,(H,22,26). The Kier molecular flexibility index (Phi) is 5.96. The smallest absolute Gasteiger partial charge is 0.241 e. The first kappa shape index (κ1) is 18.8. The monoisotopic (exact) mass is 367 g/mol. The summed E-state index contributed by atoms with van der Waals surface area (Å²) in [5.74, 6) is 0.373. The number of carbonyl (C=O) groups is 2. The van der Waals surface area contributed by atoms with Crippen LogP contribution in [0, 0.1) is 5.92 Å². The zero-order chi connectivity index (χ0) is 19.2. The molecule has 2 amide bonds. The number of anilines is 1. The largest absolute Gasteiger partial charge is 0.497 e. The van der Waals surface area contributed by atoms with Gasteiger partial charge in [-0.3, -0.25) is 19.6 Å². The van der Waals surface area contributed by atoms with E-state index < -0.39 is 0 Å². The molecule has 0 aliphatic carbocycles. The van der Waals surface area contributed by atoms with Crippen LogP contribution < -0.4 is 15.1 Å². The first-order valence-corrected chi connectivity index (χ1v) is 9.08. The zero-order valence-electron chi connectivity index (χ0n) is 15.7. The normalized spacial score (nSPS) is 16.3. The second kappa shape index (κ2) is 8.58. The minimum Gasteiger partial charge on any atom is -0.497 e. The summed E-state index contributed by atoms with van der Waals surface area (Å²) in [7, 11) is 3.48. The van der Waals surface area contributed by atoms with Crippen molar-refractivity contribution in [2.45, 2.75) is 12.8 Å². The Morgan fingerprint density at radius 1 is 1.22 bits per heavy atom. The molecule has 1 N–H and O–H groups in total. The molecule has 1 aliphatic rings. The molecule has 142 valence electrons. The van der Waals surface area contributed by atoms with Crippen molar-refractivity contribution in [3.05, 3.63) is 60.2 Å². The third kappa shape index (κ3) is 4.58. The number of nitrogens with one attached hydrogen (secondary N) is 1. The molecule has 27 heavy (non-hydrogen) atoms. The van der Waals surface area contributed by atoms with Crippen LogP contribution in [0.15, 0.2) is 54.6 Å². The van der Waals surface area contributed by atoms with Crippen molar-refractivity contribution in [3.8, 4) is 5.75 Å². The van der Waals surface area contributed by atoms with E-state index in [0.717, 1.165) is 23.4 Å². The van der Waals surface area contributed by atoms with Crippen LogP contribution >= 0.6 is 0 Å². The molecule has 2 aromatic carbocycles. The number of hydrogen-bond donors (Lipinski definition) is 1. The summed E-state index contributed by atoms with van der Waals surface area (Å²) in [5.41, 5.74) is 2.02. The van der Waals surface area contributed by atoms with Gasteiger partial charge in [-0.25, -0.2) is 0 Å². The molecule has 0 aromatic heterocycles. The highest BCUT2D eigenvalue weighted by molar-refractivity contribution is 5.90. The predicted molar refractivity (Wildman–Crippen MR) is 104 cm³/mol. The van der Waals surface area contributed by atoms with E-state index in [-0.39, 0.29) is 24.2 Å². The molecule has 0 radical (unpaired) electrons. The van der Waals surface area contributed by atoms with Crippen molar-refractivity contribution in [2.24, 2.45) is 5.92 Å². The van der Waals surface area contributed by atoms with Gasteiger partial charge in [-0.1, -0.05) is 30.3 Å². The van der Waals surface area contributed by atoms with Gasteiger partial charge in [0.05, 0.1) is 25.3 Å². The van der Waals surface area contributed by atoms with E-state index in [4.69, 9.17) is 4.74 Å². The summed E-state index contributed by atoms with van der Waals surface area (Å²) in [4.78, 5) is 24.8. The third-order valence-corrected chi connectivity index (χ3v) is 4.81. The molecule has 3 rings (SSSR count). The maximum absolute atomic E-state index is 12.5. The third-order valence-electron chi connectivity index (χ3n) is 4.81. The van der Waals surface area contributed by atoms with Crippen LogP contribution in [0.5, 0.6) is 5.75 Å². The highest BCUT2D eigenvalue weighted by Crippen LogP contribution is 2.23. The van der Waals surface area contributed by atoms with Crippen molar-refractivity contribution < 1.29 is 14.3 Å². The van der Waals surface area contributed by atoms with Crippen LogP contribution in [0.4, 0.5) is 5.69 Å². The highest BCUT2D eigenvalue weighted by Gasteiger charge is 2.36. The Labute approximate surface area is 159 Å². The van der Waals surface area contributed by atoms with Gasteiger partial charge in [-0.05, 0) is 36.2 Å². The molecule has 0 saturated carbocycles. The number of ether oxygens (including phenoxy) is 1. The molecule has 6 heteroatoms. The fourth-order valence-electron chi connectivity index (χ4n) is 3.24. The Balaban J connectivity index is 1.51. The summed E-state index contributed by atoms with van der Waals surface area (Å²) in [5, 5.41) is 6.41. The van der Waals surface area contributed by atoms with Crippen molar-refractivity contribution in [1.29, 1.82) is 0 Å². The lowest BCUT2D eigenvalue weighted by Gasteiger charge is -2.30. The van der Waals surface area contributed by atoms with Crippen LogP contribution in [0.2, 0.25) is 0 Å². The molecule has 1 atom stereocenters. The maximum atomic E-state index is 12.5. The van der Waals surface area contributed by atoms with Gasteiger partial charge in [0.2, 0.25) is 11.8 Å². The number of hydrogen-bond acceptors (Lipinski definition) is 4. The second-order valence-corrected chi connectivity index (χ2v) is 6.63. The van der Waals surface area contributed by atoms with E-state index in [0.29, 0.717) is 13.1 Å². The molecule has 0 spiro atoms. The Morgan fingerprint density at radius 3 is 2.74 bits per heavy atom. The van der Waals surface area contributed by atoms with Crippen molar-refractivity contribution in [1.82, 2.24) is 10.3 Å². The topological polar surface area (TPSA) is 61.9 Å². The molecular formula is C21H25N3O3. The summed E-state index contributed by atoms with van der Waals surface area (Å²) in [6.07, 6.45) is 0.958. The molecule has 1 unspecified atom stereocenters. The number of methoxy groups -OCH3 is 1. The van der Waals surface area contributed by atoms with Crippen LogP contribution in [0.3, 0.4) is 0 Å². The maximum Gasteiger partial charge on any atom is 0.241 e. The lowest BCUT2D eigenvalue weighted by atomic mass is 10.1. The molecular weight excluding hydrogens is 342 g/mol. The lowest BCUT2D eigenvalue weighted by Crippen LogP contribution is -2.42. The summed E-state index contributed by atoms with van der Waals surface area (Å²) in [6.45, 7) is 0.931. The van der Waals surface area contributed by atoms with Gasteiger partial charge in [-0.2, -0.15) is 0 Å². The van der Waals surface area contributed by atoms with Gasteiger partial charge >= 0.3 is 0 Å². The van der Waals surface area contributed by atoms with Crippen LogP contribution in [0.1, 0.15) is 12.0 Å². The van der Waals surface area contributed by atoms with Crippen LogP contribution in [0.25, 0.3) is 0 Å². The molecule has 1 fully saturated rings. The highest BCUT2D eigenvalue weighted by atomic mass is 16.5. The molecule has 1 saturated heterocycles. The average Bonchev–Trinajstić information content (AvgIpc) is 3.10. The Hall–Kier alpha value is -3.02. The summed E-state index contributed by atoms with van der Waals surface area (Å²) >= 11 is 0. The van der Waals surface area contributed by atoms with Crippen LogP contribution in [-0.2, 0) is 16.0 Å². The fourth-order valence-corrected chi connectivity index (χ4v) is 3.24. The van der Waals surface area contributed by atoms with Gasteiger partial charge in [0.25, 0.3) is 0 Å². The van der Waals surface area contributed by atoms with E-state index in [9.17, 15) is 9.59 Å². The lowest BCUT2D eigenvalue weighted by molar-refractivity contribution is -0.129. The molecule has 0 bridgehead atoms. The molecule has 2 aromatic rings. The van der Waals surface area contributed by atoms with Gasteiger partial charge in [0, 0.05) is 20.0 Å². The number of rotatable bonds is 7. The Morgan fingerprint density at radius 2 is 2.00 bits per heavy atom.